The normalized spacial score (nSPS) is 11.7. The van der Waals surface area contributed by atoms with Crippen molar-refractivity contribution in [3.8, 4) is 68.6 Å². The summed E-state index contributed by atoms with van der Waals surface area (Å²) in [5.74, 6) is 3.61. The molecular formula is C62H38N8. The van der Waals surface area contributed by atoms with Gasteiger partial charge in [-0.05, 0) is 64.0 Å². The Bertz CT molecular complexity index is 4280. The molecule has 8 heteroatoms. The highest BCUT2D eigenvalue weighted by Crippen LogP contribution is 2.42. The average Bonchev–Trinajstić information content (AvgIpc) is 3.96. The Hall–Kier alpha value is -9.66. The van der Waals surface area contributed by atoms with E-state index in [4.69, 9.17) is 29.9 Å². The highest BCUT2D eigenvalue weighted by Gasteiger charge is 2.24. The molecule has 0 saturated heterocycles. The van der Waals surface area contributed by atoms with Crippen LogP contribution in [0.15, 0.2) is 231 Å². The Morgan fingerprint density at radius 3 is 1.39 bits per heavy atom. The largest absolute Gasteiger partial charge is 0.309 e. The fraction of sp³-hybridized carbons (Fsp3) is 0. The smallest absolute Gasteiger partial charge is 0.238 e. The van der Waals surface area contributed by atoms with Crippen LogP contribution in [0.2, 0.25) is 0 Å². The van der Waals surface area contributed by atoms with Gasteiger partial charge in [-0.25, -0.2) is 19.9 Å². The van der Waals surface area contributed by atoms with E-state index in [0.717, 1.165) is 87.9 Å². The SMILES string of the molecule is c1ccc(-c2nc(-c3ccc(-n4c5ccccc5c5c4ccc4c6ccccc6n(-c6nc(-c7ccccc7)nc(-c7ccccc7)n6)c45)cc3)nc(-c3cccc4c3ccc3ccccc34)n2)cc1. The maximum absolute atomic E-state index is 5.26. The molecule has 0 unspecified atom stereocenters. The Morgan fingerprint density at radius 2 is 0.743 bits per heavy atom. The maximum atomic E-state index is 5.26. The first-order valence-electron chi connectivity index (χ1n) is 23.4. The van der Waals surface area contributed by atoms with Crippen LogP contribution in [0.4, 0.5) is 0 Å². The van der Waals surface area contributed by atoms with Crippen LogP contribution >= 0.6 is 0 Å². The zero-order valence-electron chi connectivity index (χ0n) is 37.5. The molecule has 0 radical (unpaired) electrons. The van der Waals surface area contributed by atoms with Crippen LogP contribution in [0.1, 0.15) is 0 Å². The van der Waals surface area contributed by atoms with E-state index in [1.807, 2.05) is 91.0 Å². The van der Waals surface area contributed by atoms with Gasteiger partial charge >= 0.3 is 0 Å². The molecule has 0 bridgehead atoms. The highest BCUT2D eigenvalue weighted by atomic mass is 15.2. The molecule has 10 aromatic carbocycles. The third kappa shape index (κ3) is 6.38. The summed E-state index contributed by atoms with van der Waals surface area (Å²) < 4.78 is 4.58. The van der Waals surface area contributed by atoms with Gasteiger partial charge in [0.15, 0.2) is 29.1 Å². The van der Waals surface area contributed by atoms with E-state index in [1.54, 1.807) is 0 Å². The second-order valence-electron chi connectivity index (χ2n) is 17.5. The number of benzene rings is 10. The second-order valence-corrected chi connectivity index (χ2v) is 17.5. The van der Waals surface area contributed by atoms with Crippen LogP contribution in [-0.4, -0.2) is 39.0 Å². The molecule has 14 rings (SSSR count). The van der Waals surface area contributed by atoms with Gasteiger partial charge in [0.1, 0.15) is 0 Å². The molecule has 4 heterocycles. The summed E-state index contributed by atoms with van der Waals surface area (Å²) in [7, 11) is 0. The van der Waals surface area contributed by atoms with Crippen LogP contribution in [0, 0.1) is 0 Å². The summed E-state index contributed by atoms with van der Waals surface area (Å²) in [5.41, 5.74) is 9.79. The van der Waals surface area contributed by atoms with Crippen molar-refractivity contribution in [3.05, 3.63) is 231 Å². The Balaban J connectivity index is 0.957. The van der Waals surface area contributed by atoms with Gasteiger partial charge in [0, 0.05) is 55.0 Å². The quantitative estimate of drug-likeness (QED) is 0.148. The molecule has 70 heavy (non-hydrogen) atoms. The summed E-state index contributed by atoms with van der Waals surface area (Å²) in [4.78, 5) is 31.0. The molecule has 0 atom stereocenters. The highest BCUT2D eigenvalue weighted by molar-refractivity contribution is 6.26. The molecule has 0 N–H and O–H groups in total. The van der Waals surface area contributed by atoms with Gasteiger partial charge in [0.25, 0.3) is 0 Å². The molecule has 0 aliphatic heterocycles. The molecule has 0 fully saturated rings. The molecule has 14 aromatic rings. The van der Waals surface area contributed by atoms with Gasteiger partial charge in [0.2, 0.25) is 5.95 Å². The van der Waals surface area contributed by atoms with Crippen molar-refractivity contribution in [2.24, 2.45) is 0 Å². The predicted molar refractivity (Wildman–Crippen MR) is 284 cm³/mol. The molecule has 0 aliphatic rings. The Morgan fingerprint density at radius 1 is 0.257 bits per heavy atom. The number of rotatable bonds is 7. The van der Waals surface area contributed by atoms with Crippen molar-refractivity contribution in [2.75, 3.05) is 0 Å². The average molecular weight is 895 g/mol. The monoisotopic (exact) mass is 894 g/mol. The fourth-order valence-electron chi connectivity index (χ4n) is 10.2. The Labute approximate surface area is 401 Å². The minimum Gasteiger partial charge on any atom is -0.309 e. The summed E-state index contributed by atoms with van der Waals surface area (Å²) in [6, 6.07) is 79.9. The van der Waals surface area contributed by atoms with Crippen LogP contribution < -0.4 is 0 Å². The Kier molecular flexibility index (Phi) is 9.03. The first kappa shape index (κ1) is 39.5. The van der Waals surface area contributed by atoms with Crippen LogP contribution in [0.25, 0.3) is 134 Å². The van der Waals surface area contributed by atoms with Crippen molar-refractivity contribution >= 4 is 65.2 Å². The number of fused-ring (bicyclic) bond motifs is 10. The molecule has 4 aromatic heterocycles. The minimum atomic E-state index is 0.552. The van der Waals surface area contributed by atoms with E-state index in [0.29, 0.717) is 35.1 Å². The van der Waals surface area contributed by atoms with E-state index >= 15 is 0 Å². The fourth-order valence-corrected chi connectivity index (χ4v) is 10.2. The van der Waals surface area contributed by atoms with Crippen molar-refractivity contribution in [3.63, 3.8) is 0 Å². The third-order valence-corrected chi connectivity index (χ3v) is 13.4. The zero-order chi connectivity index (χ0) is 46.1. The maximum Gasteiger partial charge on any atom is 0.238 e. The van der Waals surface area contributed by atoms with E-state index in [1.165, 1.54) is 10.8 Å². The molecule has 326 valence electrons. The number of aromatic nitrogens is 8. The third-order valence-electron chi connectivity index (χ3n) is 13.4. The second kappa shape index (κ2) is 16.0. The minimum absolute atomic E-state index is 0.552. The summed E-state index contributed by atoms with van der Waals surface area (Å²) in [6.07, 6.45) is 0. The summed E-state index contributed by atoms with van der Waals surface area (Å²) in [6.45, 7) is 0. The van der Waals surface area contributed by atoms with Crippen LogP contribution in [-0.2, 0) is 0 Å². The lowest BCUT2D eigenvalue weighted by Crippen LogP contribution is -2.06. The van der Waals surface area contributed by atoms with Gasteiger partial charge < -0.3 is 4.57 Å². The van der Waals surface area contributed by atoms with E-state index in [-0.39, 0.29) is 0 Å². The number of hydrogen-bond donors (Lipinski definition) is 0. The van der Waals surface area contributed by atoms with Crippen LogP contribution in [0.5, 0.6) is 0 Å². The molecular weight excluding hydrogens is 857 g/mol. The molecule has 0 aliphatic carbocycles. The van der Waals surface area contributed by atoms with E-state index < -0.39 is 0 Å². The van der Waals surface area contributed by atoms with Crippen molar-refractivity contribution in [1.29, 1.82) is 0 Å². The number of nitrogens with zero attached hydrogens (tertiary/aromatic N) is 8. The number of para-hydroxylation sites is 2. The van der Waals surface area contributed by atoms with Crippen LogP contribution in [0.3, 0.4) is 0 Å². The summed E-state index contributed by atoms with van der Waals surface area (Å²) in [5, 5.41) is 9.10. The molecule has 8 nitrogen and oxygen atoms in total. The van der Waals surface area contributed by atoms with Gasteiger partial charge in [-0.3, -0.25) is 4.57 Å². The predicted octanol–water partition coefficient (Wildman–Crippen LogP) is 14.9. The lowest BCUT2D eigenvalue weighted by molar-refractivity contribution is 0.955. The van der Waals surface area contributed by atoms with E-state index in [2.05, 4.69) is 149 Å². The molecule has 0 amide bonds. The summed E-state index contributed by atoms with van der Waals surface area (Å²) >= 11 is 0. The zero-order valence-corrected chi connectivity index (χ0v) is 37.5. The van der Waals surface area contributed by atoms with Crippen molar-refractivity contribution in [2.45, 2.75) is 0 Å². The van der Waals surface area contributed by atoms with Gasteiger partial charge in [0.05, 0.1) is 22.1 Å². The number of hydrogen-bond acceptors (Lipinski definition) is 6. The lowest BCUT2D eigenvalue weighted by atomic mass is 9.98. The topological polar surface area (TPSA) is 87.2 Å². The first-order chi connectivity index (χ1) is 34.7. The lowest BCUT2D eigenvalue weighted by Gasteiger charge is -2.12. The van der Waals surface area contributed by atoms with Gasteiger partial charge in [-0.1, -0.05) is 188 Å². The molecule has 0 spiro atoms. The van der Waals surface area contributed by atoms with Crippen molar-refractivity contribution < 1.29 is 0 Å². The van der Waals surface area contributed by atoms with E-state index in [9.17, 15) is 0 Å². The van der Waals surface area contributed by atoms with Crippen molar-refractivity contribution in [1.82, 2.24) is 39.0 Å². The molecule has 0 saturated carbocycles. The van der Waals surface area contributed by atoms with Gasteiger partial charge in [-0.15, -0.1) is 0 Å². The van der Waals surface area contributed by atoms with Gasteiger partial charge in [-0.2, -0.15) is 9.97 Å². The first-order valence-corrected chi connectivity index (χ1v) is 23.4. The standard InChI is InChI=1S/C62H38N8/c1-4-18-40(19-5-1)57-63-58(66-61(65-57)50-28-16-27-46-45-24-11-10-17-39(45)33-36-47(46)50)43-31-34-44(35-32-43)69-53-30-15-13-26-51(53)55-54(69)38-37-49-48-25-12-14-29-52(48)70(56(49)55)62-67-59(41-20-6-2-7-21-41)64-60(68-62)42-22-8-3-9-23-42/h1-38H.